The van der Waals surface area contributed by atoms with Crippen molar-refractivity contribution in [2.45, 2.75) is 13.5 Å². The highest BCUT2D eigenvalue weighted by Crippen LogP contribution is 2.26. The second kappa shape index (κ2) is 4.87. The number of rotatable bonds is 3. The molecule has 5 heteroatoms. The van der Waals surface area contributed by atoms with Gasteiger partial charge in [-0.2, -0.15) is 5.10 Å². The van der Waals surface area contributed by atoms with Gasteiger partial charge >= 0.3 is 5.97 Å². The summed E-state index contributed by atoms with van der Waals surface area (Å²) in [5.41, 5.74) is 2.72. The van der Waals surface area contributed by atoms with Crippen molar-refractivity contribution in [1.29, 1.82) is 0 Å². The molecule has 0 aliphatic carbocycles. The lowest BCUT2D eigenvalue weighted by Gasteiger charge is -1.98. The van der Waals surface area contributed by atoms with E-state index in [1.54, 1.807) is 0 Å². The summed E-state index contributed by atoms with van der Waals surface area (Å²) in [6.07, 6.45) is 0. The number of hydrogen-bond acceptors (Lipinski definition) is 2. The quantitative estimate of drug-likeness (QED) is 0.873. The monoisotopic (exact) mass is 342 g/mol. The van der Waals surface area contributed by atoms with Gasteiger partial charge in [-0.05, 0) is 29.5 Å². The van der Waals surface area contributed by atoms with Gasteiger partial charge in [0.2, 0.25) is 0 Å². The highest BCUT2D eigenvalue weighted by atomic mass is 127. The zero-order chi connectivity index (χ0) is 12.4. The Kier molecular flexibility index (Phi) is 3.46. The van der Waals surface area contributed by atoms with Gasteiger partial charge in [0.1, 0.15) is 12.2 Å². The predicted molar refractivity (Wildman–Crippen MR) is 72.8 cm³/mol. The van der Waals surface area contributed by atoms with E-state index in [0.717, 1.165) is 20.5 Å². The van der Waals surface area contributed by atoms with Crippen molar-refractivity contribution >= 4 is 28.6 Å². The number of carbonyl (C=O) groups is 1. The first-order valence-corrected chi connectivity index (χ1v) is 6.17. The second-order valence-electron chi connectivity index (χ2n) is 3.67. The van der Waals surface area contributed by atoms with Gasteiger partial charge in [0, 0.05) is 11.3 Å². The van der Waals surface area contributed by atoms with Gasteiger partial charge in [-0.15, -0.1) is 0 Å². The lowest BCUT2D eigenvalue weighted by molar-refractivity contribution is -0.137. The smallest absolute Gasteiger partial charge is 0.325 e. The van der Waals surface area contributed by atoms with Crippen molar-refractivity contribution < 1.29 is 9.90 Å². The molecule has 0 unspecified atom stereocenters. The highest BCUT2D eigenvalue weighted by Gasteiger charge is 2.14. The van der Waals surface area contributed by atoms with Gasteiger partial charge in [-0.3, -0.25) is 9.48 Å². The minimum absolute atomic E-state index is 0.103. The van der Waals surface area contributed by atoms with Crippen molar-refractivity contribution in [2.24, 2.45) is 0 Å². The standard InChI is InChI=1S/C12H11IN2O2/c1-8-11(13)12(9-5-3-2-4-6-9)14-15(8)7-10(16)17/h2-6H,7H2,1H3,(H,16,17). The number of aromatic nitrogens is 2. The van der Waals surface area contributed by atoms with Crippen molar-refractivity contribution in [3.8, 4) is 11.3 Å². The fourth-order valence-corrected chi connectivity index (χ4v) is 2.28. The van der Waals surface area contributed by atoms with E-state index in [0.29, 0.717) is 0 Å². The van der Waals surface area contributed by atoms with Crippen LogP contribution in [0.15, 0.2) is 30.3 Å². The fraction of sp³-hybridized carbons (Fsp3) is 0.167. The Labute approximate surface area is 112 Å². The lowest BCUT2D eigenvalue weighted by atomic mass is 10.1. The molecule has 0 saturated heterocycles. The van der Waals surface area contributed by atoms with Gasteiger partial charge in [0.25, 0.3) is 0 Å². The van der Waals surface area contributed by atoms with Gasteiger partial charge in [0.05, 0.1) is 3.57 Å². The molecular formula is C12H11IN2O2. The predicted octanol–water partition coefficient (Wildman–Crippen LogP) is 2.55. The maximum Gasteiger partial charge on any atom is 0.325 e. The summed E-state index contributed by atoms with van der Waals surface area (Å²) in [5, 5.41) is 13.1. The number of benzene rings is 1. The average Bonchev–Trinajstić information content (AvgIpc) is 2.58. The molecule has 0 aliphatic rings. The molecule has 0 aliphatic heterocycles. The van der Waals surface area contributed by atoms with E-state index in [9.17, 15) is 4.79 Å². The Morgan fingerprint density at radius 3 is 2.65 bits per heavy atom. The first-order valence-electron chi connectivity index (χ1n) is 5.09. The summed E-state index contributed by atoms with van der Waals surface area (Å²) >= 11 is 2.20. The molecule has 2 aromatic rings. The summed E-state index contributed by atoms with van der Waals surface area (Å²) in [7, 11) is 0. The van der Waals surface area contributed by atoms with Crippen molar-refractivity contribution in [3.05, 3.63) is 39.6 Å². The van der Waals surface area contributed by atoms with Gasteiger partial charge < -0.3 is 5.11 Å². The molecule has 0 saturated carbocycles. The van der Waals surface area contributed by atoms with Crippen LogP contribution >= 0.6 is 22.6 Å². The number of carboxylic acid groups (broad SMARTS) is 1. The average molecular weight is 342 g/mol. The second-order valence-corrected chi connectivity index (χ2v) is 4.74. The molecule has 1 aromatic carbocycles. The number of aliphatic carboxylic acids is 1. The van der Waals surface area contributed by atoms with E-state index in [1.165, 1.54) is 4.68 Å². The summed E-state index contributed by atoms with van der Waals surface area (Å²) < 4.78 is 2.52. The minimum Gasteiger partial charge on any atom is -0.480 e. The Morgan fingerprint density at radius 1 is 1.41 bits per heavy atom. The Hall–Kier alpha value is -1.37. The Balaban J connectivity index is 2.46. The van der Waals surface area contributed by atoms with Crippen LogP contribution in [-0.4, -0.2) is 20.9 Å². The van der Waals surface area contributed by atoms with Crippen LogP contribution in [0.4, 0.5) is 0 Å². The van der Waals surface area contributed by atoms with Gasteiger partial charge in [-0.25, -0.2) is 0 Å². The molecule has 0 bridgehead atoms. The van der Waals surface area contributed by atoms with E-state index < -0.39 is 5.97 Å². The normalized spacial score (nSPS) is 10.5. The summed E-state index contributed by atoms with van der Waals surface area (Å²) in [6, 6.07) is 9.76. The molecule has 2 rings (SSSR count). The first-order chi connectivity index (χ1) is 8.09. The van der Waals surface area contributed by atoms with E-state index >= 15 is 0 Å². The zero-order valence-electron chi connectivity index (χ0n) is 9.22. The summed E-state index contributed by atoms with van der Waals surface area (Å²) in [4.78, 5) is 10.7. The van der Waals surface area contributed by atoms with Crippen molar-refractivity contribution in [3.63, 3.8) is 0 Å². The first kappa shape index (κ1) is 12.1. The highest BCUT2D eigenvalue weighted by molar-refractivity contribution is 14.1. The Morgan fingerprint density at radius 2 is 2.06 bits per heavy atom. The van der Waals surface area contributed by atoms with Crippen LogP contribution in [-0.2, 0) is 11.3 Å². The molecule has 4 nitrogen and oxygen atoms in total. The van der Waals surface area contributed by atoms with E-state index in [-0.39, 0.29) is 6.54 Å². The van der Waals surface area contributed by atoms with Crippen LogP contribution in [0.1, 0.15) is 5.69 Å². The lowest BCUT2D eigenvalue weighted by Crippen LogP contribution is -2.11. The number of carboxylic acids is 1. The summed E-state index contributed by atoms with van der Waals surface area (Å²) in [5.74, 6) is -0.883. The fourth-order valence-electron chi connectivity index (χ4n) is 1.59. The van der Waals surface area contributed by atoms with E-state index in [2.05, 4.69) is 27.7 Å². The third kappa shape index (κ3) is 2.49. The molecule has 0 amide bonds. The van der Waals surface area contributed by atoms with E-state index in [1.807, 2.05) is 37.3 Å². The van der Waals surface area contributed by atoms with Gasteiger partial charge in [0.15, 0.2) is 0 Å². The molecule has 0 fully saturated rings. The number of nitrogens with zero attached hydrogens (tertiary/aromatic N) is 2. The zero-order valence-corrected chi connectivity index (χ0v) is 11.4. The minimum atomic E-state index is -0.883. The molecule has 0 atom stereocenters. The number of halogens is 1. The van der Waals surface area contributed by atoms with Crippen LogP contribution < -0.4 is 0 Å². The molecule has 0 spiro atoms. The van der Waals surface area contributed by atoms with Crippen LogP contribution in [0.3, 0.4) is 0 Å². The molecule has 1 heterocycles. The summed E-state index contributed by atoms with van der Waals surface area (Å²) in [6.45, 7) is 1.78. The van der Waals surface area contributed by atoms with Crippen molar-refractivity contribution in [1.82, 2.24) is 9.78 Å². The van der Waals surface area contributed by atoms with Crippen LogP contribution in [0, 0.1) is 10.5 Å². The molecule has 88 valence electrons. The van der Waals surface area contributed by atoms with Gasteiger partial charge in [-0.1, -0.05) is 30.3 Å². The number of hydrogen-bond donors (Lipinski definition) is 1. The third-order valence-electron chi connectivity index (χ3n) is 2.47. The topological polar surface area (TPSA) is 55.1 Å². The maximum atomic E-state index is 10.7. The SMILES string of the molecule is Cc1c(I)c(-c2ccccc2)nn1CC(=O)O. The molecular weight excluding hydrogens is 331 g/mol. The van der Waals surface area contributed by atoms with Crippen molar-refractivity contribution in [2.75, 3.05) is 0 Å². The molecule has 1 aromatic heterocycles. The van der Waals surface area contributed by atoms with Crippen LogP contribution in [0.25, 0.3) is 11.3 Å². The molecule has 17 heavy (non-hydrogen) atoms. The largest absolute Gasteiger partial charge is 0.480 e. The van der Waals surface area contributed by atoms with Crippen LogP contribution in [0.5, 0.6) is 0 Å². The Bertz CT molecular complexity index is 549. The maximum absolute atomic E-state index is 10.7. The van der Waals surface area contributed by atoms with E-state index in [4.69, 9.17) is 5.11 Å². The molecule has 0 radical (unpaired) electrons. The van der Waals surface area contributed by atoms with Crippen LogP contribution in [0.2, 0.25) is 0 Å². The molecule has 1 N–H and O–H groups in total. The third-order valence-corrected chi connectivity index (χ3v) is 3.76.